The van der Waals surface area contributed by atoms with E-state index in [0.29, 0.717) is 0 Å². The van der Waals surface area contributed by atoms with E-state index >= 15 is 0 Å². The molecular weight excluding hydrogens is 260 g/mol. The molecule has 114 valence electrons. The number of aryl methyl sites for hydroxylation is 3. The van der Waals surface area contributed by atoms with Gasteiger partial charge in [0.1, 0.15) is 11.5 Å². The van der Waals surface area contributed by atoms with Gasteiger partial charge < -0.3 is 14.6 Å². The number of hydrogen-bond donors (Lipinski definition) is 1. The second-order valence-corrected chi connectivity index (χ2v) is 5.72. The van der Waals surface area contributed by atoms with Crippen molar-refractivity contribution in [1.82, 2.24) is 5.32 Å². The smallest absolute Gasteiger partial charge is 0.123 e. The first-order valence-electron chi connectivity index (χ1n) is 7.58. The molecule has 1 heterocycles. The first kappa shape index (κ1) is 15.6. The highest BCUT2D eigenvalue weighted by atomic mass is 16.3. The van der Waals surface area contributed by atoms with Crippen molar-refractivity contribution in [3.05, 3.63) is 52.5 Å². The van der Waals surface area contributed by atoms with E-state index in [1.54, 1.807) is 0 Å². The van der Waals surface area contributed by atoms with E-state index in [1.165, 1.54) is 22.4 Å². The molecule has 2 aromatic rings. The van der Waals surface area contributed by atoms with Gasteiger partial charge in [0.25, 0.3) is 0 Å². The van der Waals surface area contributed by atoms with E-state index < -0.39 is 0 Å². The fourth-order valence-electron chi connectivity index (χ4n) is 2.65. The van der Waals surface area contributed by atoms with Crippen LogP contribution in [0, 0.1) is 20.8 Å². The fourth-order valence-corrected chi connectivity index (χ4v) is 2.65. The summed E-state index contributed by atoms with van der Waals surface area (Å²) in [5, 5.41) is 3.35. The monoisotopic (exact) mass is 286 g/mol. The maximum atomic E-state index is 5.89. The van der Waals surface area contributed by atoms with E-state index in [4.69, 9.17) is 4.42 Å². The van der Waals surface area contributed by atoms with Crippen LogP contribution in [0.3, 0.4) is 0 Å². The average molecular weight is 286 g/mol. The summed E-state index contributed by atoms with van der Waals surface area (Å²) in [6.45, 7) is 11.1. The van der Waals surface area contributed by atoms with Crippen LogP contribution in [0.1, 0.15) is 35.1 Å². The Bertz CT molecular complexity index is 601. The highest BCUT2D eigenvalue weighted by Gasteiger charge is 2.11. The lowest BCUT2D eigenvalue weighted by molar-refractivity contribution is 0.478. The van der Waals surface area contributed by atoms with Gasteiger partial charge in [0, 0.05) is 24.8 Å². The topological polar surface area (TPSA) is 28.4 Å². The van der Waals surface area contributed by atoms with Crippen LogP contribution >= 0.6 is 0 Å². The van der Waals surface area contributed by atoms with Crippen molar-refractivity contribution in [3.8, 4) is 0 Å². The standard InChI is InChI=1S/C18H26N2O/c1-6-19-11-16-10-17(21-15(16)4)12-20(5)18-8-7-13(2)9-14(18)3/h7-10,19H,6,11-12H2,1-5H3. The minimum Gasteiger partial charge on any atom is -0.464 e. The summed E-state index contributed by atoms with van der Waals surface area (Å²) >= 11 is 0. The Morgan fingerprint density at radius 1 is 1.14 bits per heavy atom. The first-order chi connectivity index (χ1) is 10.0. The molecule has 0 unspecified atom stereocenters. The Balaban J connectivity index is 2.10. The second-order valence-electron chi connectivity index (χ2n) is 5.72. The number of nitrogens with one attached hydrogen (secondary N) is 1. The van der Waals surface area contributed by atoms with Gasteiger partial charge in [-0.1, -0.05) is 24.6 Å². The van der Waals surface area contributed by atoms with Crippen LogP contribution in [0.2, 0.25) is 0 Å². The van der Waals surface area contributed by atoms with Crippen molar-refractivity contribution < 1.29 is 4.42 Å². The van der Waals surface area contributed by atoms with Gasteiger partial charge in [-0.25, -0.2) is 0 Å². The lowest BCUT2D eigenvalue weighted by Crippen LogP contribution is -2.17. The van der Waals surface area contributed by atoms with Crippen LogP contribution < -0.4 is 10.2 Å². The zero-order valence-corrected chi connectivity index (χ0v) is 13.8. The summed E-state index contributed by atoms with van der Waals surface area (Å²) in [7, 11) is 2.11. The molecule has 0 atom stereocenters. The molecule has 1 N–H and O–H groups in total. The lowest BCUT2D eigenvalue weighted by Gasteiger charge is -2.20. The van der Waals surface area contributed by atoms with Crippen LogP contribution in [0.15, 0.2) is 28.7 Å². The van der Waals surface area contributed by atoms with Crippen LogP contribution in [0.25, 0.3) is 0 Å². The van der Waals surface area contributed by atoms with Gasteiger partial charge in [-0.3, -0.25) is 0 Å². The number of hydrogen-bond acceptors (Lipinski definition) is 3. The van der Waals surface area contributed by atoms with E-state index in [2.05, 4.69) is 62.3 Å². The van der Waals surface area contributed by atoms with Crippen molar-refractivity contribution in [2.75, 3.05) is 18.5 Å². The van der Waals surface area contributed by atoms with Gasteiger partial charge in [-0.05, 0) is 45.0 Å². The third-order valence-corrected chi connectivity index (χ3v) is 3.79. The molecular formula is C18H26N2O. The van der Waals surface area contributed by atoms with Crippen LogP contribution in [0.5, 0.6) is 0 Å². The Kier molecular flexibility index (Phi) is 5.07. The molecule has 0 spiro atoms. The molecule has 0 radical (unpaired) electrons. The van der Waals surface area contributed by atoms with E-state index in [1.807, 2.05) is 6.92 Å². The lowest BCUT2D eigenvalue weighted by atomic mass is 10.1. The number of anilines is 1. The summed E-state index contributed by atoms with van der Waals surface area (Å²) < 4.78 is 5.89. The van der Waals surface area contributed by atoms with Crippen LogP contribution in [-0.2, 0) is 13.1 Å². The Labute approximate surface area is 128 Å². The molecule has 0 aliphatic rings. The Hall–Kier alpha value is -1.74. The predicted octanol–water partition coefficient (Wildman–Crippen LogP) is 3.95. The van der Waals surface area contributed by atoms with Crippen molar-refractivity contribution in [2.24, 2.45) is 0 Å². The van der Waals surface area contributed by atoms with Gasteiger partial charge in [-0.2, -0.15) is 0 Å². The number of nitrogens with zero attached hydrogens (tertiary/aromatic N) is 1. The zero-order chi connectivity index (χ0) is 15.4. The van der Waals surface area contributed by atoms with Gasteiger partial charge in [0.05, 0.1) is 6.54 Å². The first-order valence-corrected chi connectivity index (χ1v) is 7.58. The largest absolute Gasteiger partial charge is 0.464 e. The molecule has 0 aliphatic heterocycles. The number of rotatable bonds is 6. The number of furan rings is 1. The summed E-state index contributed by atoms with van der Waals surface area (Å²) in [6, 6.07) is 8.72. The van der Waals surface area contributed by atoms with Gasteiger partial charge in [0.2, 0.25) is 0 Å². The average Bonchev–Trinajstić information content (AvgIpc) is 2.76. The van der Waals surface area contributed by atoms with E-state index in [9.17, 15) is 0 Å². The Morgan fingerprint density at radius 2 is 1.90 bits per heavy atom. The van der Waals surface area contributed by atoms with Crippen LogP contribution in [0.4, 0.5) is 5.69 Å². The molecule has 0 aliphatic carbocycles. The summed E-state index contributed by atoms with van der Waals surface area (Å²) in [5.74, 6) is 2.03. The molecule has 0 bridgehead atoms. The quantitative estimate of drug-likeness (QED) is 0.871. The Morgan fingerprint density at radius 3 is 2.57 bits per heavy atom. The molecule has 1 aromatic carbocycles. The van der Waals surface area contributed by atoms with Crippen molar-refractivity contribution in [3.63, 3.8) is 0 Å². The van der Waals surface area contributed by atoms with E-state index in [-0.39, 0.29) is 0 Å². The SMILES string of the molecule is CCNCc1cc(CN(C)c2ccc(C)cc2C)oc1C. The van der Waals surface area contributed by atoms with Gasteiger partial charge in [-0.15, -0.1) is 0 Å². The van der Waals surface area contributed by atoms with Gasteiger partial charge in [0.15, 0.2) is 0 Å². The third-order valence-electron chi connectivity index (χ3n) is 3.79. The summed E-state index contributed by atoms with van der Waals surface area (Å²) in [5.41, 5.74) is 5.10. The molecule has 0 saturated heterocycles. The summed E-state index contributed by atoms with van der Waals surface area (Å²) in [4.78, 5) is 2.24. The van der Waals surface area contributed by atoms with Crippen molar-refractivity contribution >= 4 is 5.69 Å². The number of benzene rings is 1. The highest BCUT2D eigenvalue weighted by molar-refractivity contribution is 5.53. The maximum Gasteiger partial charge on any atom is 0.123 e. The molecule has 3 heteroatoms. The normalized spacial score (nSPS) is 10.9. The molecule has 21 heavy (non-hydrogen) atoms. The van der Waals surface area contributed by atoms with Crippen LogP contribution in [-0.4, -0.2) is 13.6 Å². The summed E-state index contributed by atoms with van der Waals surface area (Å²) in [6.07, 6.45) is 0. The molecule has 3 nitrogen and oxygen atoms in total. The highest BCUT2D eigenvalue weighted by Crippen LogP contribution is 2.23. The zero-order valence-electron chi connectivity index (χ0n) is 13.8. The second kappa shape index (κ2) is 6.81. The molecule has 0 amide bonds. The fraction of sp³-hybridized carbons (Fsp3) is 0.444. The molecule has 0 saturated carbocycles. The van der Waals surface area contributed by atoms with E-state index in [0.717, 1.165) is 31.2 Å². The minimum atomic E-state index is 0.789. The maximum absolute atomic E-state index is 5.89. The molecule has 2 rings (SSSR count). The predicted molar refractivity (Wildman–Crippen MR) is 88.8 cm³/mol. The minimum absolute atomic E-state index is 0.789. The van der Waals surface area contributed by atoms with Gasteiger partial charge >= 0.3 is 0 Å². The van der Waals surface area contributed by atoms with Crippen molar-refractivity contribution in [2.45, 2.75) is 40.8 Å². The molecule has 1 aromatic heterocycles. The molecule has 0 fully saturated rings. The van der Waals surface area contributed by atoms with Crippen molar-refractivity contribution in [1.29, 1.82) is 0 Å². The third kappa shape index (κ3) is 3.88.